The summed E-state index contributed by atoms with van der Waals surface area (Å²) in [5.41, 5.74) is 4.52. The third-order valence-electron chi connectivity index (χ3n) is 2.44. The molecule has 2 rings (SSSR count). The maximum absolute atomic E-state index is 3.34. The van der Waals surface area contributed by atoms with Crippen LogP contribution in [0.1, 0.15) is 6.92 Å². The zero-order valence-corrected chi connectivity index (χ0v) is 8.73. The van der Waals surface area contributed by atoms with Gasteiger partial charge in [0.1, 0.15) is 0 Å². The first kappa shape index (κ1) is 8.99. The Morgan fingerprint density at radius 1 is 1.00 bits per heavy atom. The van der Waals surface area contributed by atoms with Crippen molar-refractivity contribution in [3.05, 3.63) is 12.1 Å². The maximum Gasteiger partial charge on any atom is 0.0935 e. The molecule has 1 aromatic rings. The maximum atomic E-state index is 3.34. The van der Waals surface area contributed by atoms with Gasteiger partial charge in [-0.15, -0.1) is 0 Å². The van der Waals surface area contributed by atoms with Gasteiger partial charge in [0, 0.05) is 14.1 Å². The number of nitrogens with one attached hydrogen (secondary N) is 4. The van der Waals surface area contributed by atoms with Crippen molar-refractivity contribution >= 4 is 22.7 Å². The lowest BCUT2D eigenvalue weighted by molar-refractivity contribution is 0.956. The average molecular weight is 192 g/mol. The van der Waals surface area contributed by atoms with E-state index >= 15 is 0 Å². The molecule has 4 nitrogen and oxygen atoms in total. The van der Waals surface area contributed by atoms with Crippen molar-refractivity contribution in [2.45, 2.75) is 13.1 Å². The Morgan fingerprint density at radius 3 is 1.79 bits per heavy atom. The zero-order chi connectivity index (χ0) is 10.1. The van der Waals surface area contributed by atoms with Gasteiger partial charge >= 0.3 is 0 Å². The molecule has 4 heteroatoms. The van der Waals surface area contributed by atoms with E-state index in [9.17, 15) is 0 Å². The SMILES string of the molecule is CNc1cc2c(cc1NC)NC(C)N2. The highest BCUT2D eigenvalue weighted by molar-refractivity contribution is 5.86. The molecule has 4 N–H and O–H groups in total. The number of rotatable bonds is 2. The number of hydrogen-bond donors (Lipinski definition) is 4. The van der Waals surface area contributed by atoms with Crippen LogP contribution in [0.25, 0.3) is 0 Å². The quantitative estimate of drug-likeness (QED) is 0.578. The molecule has 76 valence electrons. The monoisotopic (exact) mass is 192 g/mol. The van der Waals surface area contributed by atoms with Crippen molar-refractivity contribution in [3.8, 4) is 0 Å². The molecule has 0 atom stereocenters. The van der Waals surface area contributed by atoms with E-state index < -0.39 is 0 Å². The molecule has 1 heterocycles. The fourth-order valence-corrected chi connectivity index (χ4v) is 1.75. The predicted molar refractivity (Wildman–Crippen MR) is 62.2 cm³/mol. The Balaban J connectivity index is 2.43. The van der Waals surface area contributed by atoms with Gasteiger partial charge in [-0.05, 0) is 19.1 Å². The van der Waals surface area contributed by atoms with Crippen molar-refractivity contribution in [2.75, 3.05) is 35.4 Å². The molecular formula is C10H16N4. The minimum Gasteiger partial charge on any atom is -0.386 e. The van der Waals surface area contributed by atoms with Crippen LogP contribution in [-0.4, -0.2) is 20.3 Å². The summed E-state index contributed by atoms with van der Waals surface area (Å²) < 4.78 is 0. The van der Waals surface area contributed by atoms with Crippen LogP contribution in [0, 0.1) is 0 Å². The third kappa shape index (κ3) is 1.32. The molecule has 14 heavy (non-hydrogen) atoms. The number of hydrogen-bond acceptors (Lipinski definition) is 4. The molecule has 0 saturated heterocycles. The van der Waals surface area contributed by atoms with Gasteiger partial charge in [0.25, 0.3) is 0 Å². The Kier molecular flexibility index (Phi) is 2.11. The van der Waals surface area contributed by atoms with Gasteiger partial charge in [-0.3, -0.25) is 0 Å². The Hall–Kier alpha value is -1.58. The smallest absolute Gasteiger partial charge is 0.0935 e. The van der Waals surface area contributed by atoms with Crippen molar-refractivity contribution < 1.29 is 0 Å². The van der Waals surface area contributed by atoms with Gasteiger partial charge in [0.05, 0.1) is 28.9 Å². The van der Waals surface area contributed by atoms with E-state index in [2.05, 4.69) is 40.3 Å². The normalized spacial score (nSPS) is 14.2. The fourth-order valence-electron chi connectivity index (χ4n) is 1.75. The summed E-state index contributed by atoms with van der Waals surface area (Å²) in [5, 5.41) is 13.0. The van der Waals surface area contributed by atoms with Crippen LogP contribution in [-0.2, 0) is 0 Å². The van der Waals surface area contributed by atoms with E-state index in [1.807, 2.05) is 14.1 Å². The lowest BCUT2D eigenvalue weighted by Gasteiger charge is -2.10. The van der Waals surface area contributed by atoms with Crippen LogP contribution in [0.2, 0.25) is 0 Å². The molecule has 0 bridgehead atoms. The lowest BCUT2D eigenvalue weighted by Crippen LogP contribution is -2.16. The molecule has 0 unspecified atom stereocenters. The first-order valence-electron chi connectivity index (χ1n) is 4.81. The highest BCUT2D eigenvalue weighted by Gasteiger charge is 2.17. The molecule has 1 aliphatic heterocycles. The van der Waals surface area contributed by atoms with Gasteiger partial charge in [0.2, 0.25) is 0 Å². The van der Waals surface area contributed by atoms with E-state index in [0.717, 1.165) is 22.7 Å². The minimum absolute atomic E-state index is 0.307. The summed E-state index contributed by atoms with van der Waals surface area (Å²) in [6, 6.07) is 4.22. The predicted octanol–water partition coefficient (Wildman–Crippen LogP) is 1.95. The first-order valence-corrected chi connectivity index (χ1v) is 4.81. The van der Waals surface area contributed by atoms with Crippen molar-refractivity contribution in [1.29, 1.82) is 0 Å². The van der Waals surface area contributed by atoms with Crippen LogP contribution < -0.4 is 21.3 Å². The molecule has 0 radical (unpaired) electrons. The standard InChI is InChI=1S/C10H16N4/c1-6-13-9-4-7(11-2)8(12-3)5-10(9)14-6/h4-6,11-14H,1-3H3. The van der Waals surface area contributed by atoms with Crippen LogP contribution in [0.15, 0.2) is 12.1 Å². The van der Waals surface area contributed by atoms with Crippen LogP contribution in [0.4, 0.5) is 22.7 Å². The van der Waals surface area contributed by atoms with Gasteiger partial charge in [-0.1, -0.05) is 0 Å². The molecule has 0 amide bonds. The molecule has 0 aromatic heterocycles. The highest BCUT2D eigenvalue weighted by atomic mass is 15.2. The largest absolute Gasteiger partial charge is 0.386 e. The lowest BCUT2D eigenvalue weighted by atomic mass is 10.2. The van der Waals surface area contributed by atoms with Gasteiger partial charge in [0.15, 0.2) is 0 Å². The minimum atomic E-state index is 0.307. The Morgan fingerprint density at radius 2 is 1.43 bits per heavy atom. The summed E-state index contributed by atoms with van der Waals surface area (Å²) in [5.74, 6) is 0. The molecule has 1 aromatic carbocycles. The second-order valence-corrected chi connectivity index (χ2v) is 3.45. The van der Waals surface area contributed by atoms with Crippen LogP contribution >= 0.6 is 0 Å². The molecule has 0 fully saturated rings. The molecule has 1 aliphatic rings. The summed E-state index contributed by atoms with van der Waals surface area (Å²) in [6.07, 6.45) is 0.307. The molecule has 0 spiro atoms. The Labute approximate surface area is 84.1 Å². The van der Waals surface area contributed by atoms with Crippen molar-refractivity contribution in [2.24, 2.45) is 0 Å². The van der Waals surface area contributed by atoms with E-state index in [-0.39, 0.29) is 0 Å². The molecule has 0 saturated carbocycles. The summed E-state index contributed by atoms with van der Waals surface area (Å²) in [7, 11) is 3.85. The summed E-state index contributed by atoms with van der Waals surface area (Å²) in [4.78, 5) is 0. The van der Waals surface area contributed by atoms with Gasteiger partial charge < -0.3 is 21.3 Å². The average Bonchev–Trinajstić information content (AvgIpc) is 2.54. The second kappa shape index (κ2) is 3.29. The molecule has 0 aliphatic carbocycles. The van der Waals surface area contributed by atoms with E-state index in [1.165, 1.54) is 0 Å². The topological polar surface area (TPSA) is 48.1 Å². The zero-order valence-electron chi connectivity index (χ0n) is 8.73. The number of fused-ring (bicyclic) bond motifs is 1. The summed E-state index contributed by atoms with van der Waals surface area (Å²) >= 11 is 0. The highest BCUT2D eigenvalue weighted by Crippen LogP contribution is 2.36. The third-order valence-corrected chi connectivity index (χ3v) is 2.44. The van der Waals surface area contributed by atoms with Gasteiger partial charge in [-0.25, -0.2) is 0 Å². The fraction of sp³-hybridized carbons (Fsp3) is 0.400. The van der Waals surface area contributed by atoms with E-state index in [1.54, 1.807) is 0 Å². The first-order chi connectivity index (χ1) is 6.74. The van der Waals surface area contributed by atoms with Crippen LogP contribution in [0.5, 0.6) is 0 Å². The summed E-state index contributed by atoms with van der Waals surface area (Å²) in [6.45, 7) is 2.10. The Bertz CT molecular complexity index is 315. The molecular weight excluding hydrogens is 176 g/mol. The number of benzene rings is 1. The van der Waals surface area contributed by atoms with Gasteiger partial charge in [-0.2, -0.15) is 0 Å². The van der Waals surface area contributed by atoms with Crippen LogP contribution in [0.3, 0.4) is 0 Å². The second-order valence-electron chi connectivity index (χ2n) is 3.45. The van der Waals surface area contributed by atoms with E-state index in [0.29, 0.717) is 6.17 Å². The van der Waals surface area contributed by atoms with Crippen molar-refractivity contribution in [1.82, 2.24) is 0 Å². The number of anilines is 4. The van der Waals surface area contributed by atoms with E-state index in [4.69, 9.17) is 0 Å². The van der Waals surface area contributed by atoms with Crippen molar-refractivity contribution in [3.63, 3.8) is 0 Å².